The Morgan fingerprint density at radius 3 is 2.90 bits per heavy atom. The van der Waals surface area contributed by atoms with E-state index in [2.05, 4.69) is 42.2 Å². The summed E-state index contributed by atoms with van der Waals surface area (Å²) >= 11 is 0. The first-order valence-corrected chi connectivity index (χ1v) is 8.00. The minimum absolute atomic E-state index is 0.645. The molecule has 2 rings (SSSR count). The van der Waals surface area contributed by atoms with Gasteiger partial charge in [0, 0.05) is 50.5 Å². The summed E-state index contributed by atoms with van der Waals surface area (Å²) in [4.78, 5) is 2.65. The summed E-state index contributed by atoms with van der Waals surface area (Å²) in [6.07, 6.45) is 5.51. The number of nitrogens with zero attached hydrogens (tertiary/aromatic N) is 3. The quantitative estimate of drug-likeness (QED) is 0.895. The maximum absolute atomic E-state index is 4.26. The number of aromatic nitrogens is 2. The fraction of sp³-hybridized carbons (Fsp3) is 0.812. The van der Waals surface area contributed by atoms with Gasteiger partial charge in [0.25, 0.3) is 0 Å². The summed E-state index contributed by atoms with van der Waals surface area (Å²) in [6.45, 7) is 10.5. The van der Waals surface area contributed by atoms with Gasteiger partial charge in [-0.05, 0) is 38.3 Å². The molecule has 1 aliphatic heterocycles. The van der Waals surface area contributed by atoms with Gasteiger partial charge in [-0.1, -0.05) is 13.8 Å². The SMILES string of the molecule is CC(C)CC1CN(CCc2ccnn2C)C(C)CCN1. The molecule has 0 radical (unpaired) electrons. The van der Waals surface area contributed by atoms with E-state index in [1.807, 2.05) is 17.9 Å². The van der Waals surface area contributed by atoms with Crippen LogP contribution in [0.2, 0.25) is 0 Å². The maximum Gasteiger partial charge on any atom is 0.0492 e. The topological polar surface area (TPSA) is 33.1 Å². The summed E-state index contributed by atoms with van der Waals surface area (Å²) in [7, 11) is 2.03. The second-order valence-corrected chi connectivity index (χ2v) is 6.61. The summed E-state index contributed by atoms with van der Waals surface area (Å²) in [5.74, 6) is 0.764. The van der Waals surface area contributed by atoms with Crippen LogP contribution in [0.15, 0.2) is 12.3 Å². The highest BCUT2D eigenvalue weighted by Crippen LogP contribution is 2.14. The average molecular weight is 278 g/mol. The maximum atomic E-state index is 4.26. The molecule has 1 saturated heterocycles. The van der Waals surface area contributed by atoms with E-state index in [0.29, 0.717) is 12.1 Å². The van der Waals surface area contributed by atoms with Crippen LogP contribution in [0.5, 0.6) is 0 Å². The van der Waals surface area contributed by atoms with Crippen LogP contribution < -0.4 is 5.32 Å². The van der Waals surface area contributed by atoms with Crippen molar-refractivity contribution in [2.75, 3.05) is 19.6 Å². The lowest BCUT2D eigenvalue weighted by Crippen LogP contribution is -2.41. The highest BCUT2D eigenvalue weighted by molar-refractivity contribution is 5.00. The zero-order valence-electron chi connectivity index (χ0n) is 13.5. The molecule has 1 N–H and O–H groups in total. The van der Waals surface area contributed by atoms with Gasteiger partial charge in [0.2, 0.25) is 0 Å². The highest BCUT2D eigenvalue weighted by Gasteiger charge is 2.23. The van der Waals surface area contributed by atoms with Gasteiger partial charge in [-0.15, -0.1) is 0 Å². The average Bonchev–Trinajstić information content (AvgIpc) is 2.70. The van der Waals surface area contributed by atoms with Gasteiger partial charge in [0.1, 0.15) is 0 Å². The summed E-state index contributed by atoms with van der Waals surface area (Å²) in [5, 5.41) is 7.98. The lowest BCUT2D eigenvalue weighted by atomic mass is 10.0. The molecule has 2 heterocycles. The first kappa shape index (κ1) is 15.5. The molecule has 1 fully saturated rings. The third-order valence-corrected chi connectivity index (χ3v) is 4.41. The van der Waals surface area contributed by atoms with E-state index in [1.165, 1.54) is 25.1 Å². The molecule has 0 amide bonds. The molecule has 4 nitrogen and oxygen atoms in total. The Hall–Kier alpha value is -0.870. The predicted octanol–water partition coefficient (Wildman–Crippen LogP) is 2.06. The van der Waals surface area contributed by atoms with Gasteiger partial charge >= 0.3 is 0 Å². The van der Waals surface area contributed by atoms with Crippen LogP contribution in [-0.4, -0.2) is 46.4 Å². The largest absolute Gasteiger partial charge is 0.313 e. The van der Waals surface area contributed by atoms with Crippen molar-refractivity contribution < 1.29 is 0 Å². The molecule has 114 valence electrons. The summed E-state index contributed by atoms with van der Waals surface area (Å²) < 4.78 is 1.99. The molecule has 0 saturated carbocycles. The van der Waals surface area contributed by atoms with Crippen LogP contribution in [0.3, 0.4) is 0 Å². The van der Waals surface area contributed by atoms with Gasteiger partial charge in [0.05, 0.1) is 0 Å². The predicted molar refractivity (Wildman–Crippen MR) is 83.8 cm³/mol. The number of hydrogen-bond acceptors (Lipinski definition) is 3. The third-order valence-electron chi connectivity index (χ3n) is 4.41. The number of rotatable bonds is 5. The molecular formula is C16H30N4. The molecule has 4 heteroatoms. The van der Waals surface area contributed by atoms with Crippen molar-refractivity contribution >= 4 is 0 Å². The van der Waals surface area contributed by atoms with E-state index >= 15 is 0 Å². The molecule has 0 aliphatic carbocycles. The fourth-order valence-corrected chi connectivity index (χ4v) is 3.15. The van der Waals surface area contributed by atoms with Crippen molar-refractivity contribution in [1.82, 2.24) is 20.0 Å². The fourth-order valence-electron chi connectivity index (χ4n) is 3.15. The molecule has 1 aliphatic rings. The van der Waals surface area contributed by atoms with Crippen LogP contribution >= 0.6 is 0 Å². The molecule has 1 aromatic rings. The van der Waals surface area contributed by atoms with Crippen LogP contribution in [0, 0.1) is 5.92 Å². The van der Waals surface area contributed by atoms with Gasteiger partial charge < -0.3 is 5.32 Å². The van der Waals surface area contributed by atoms with Crippen molar-refractivity contribution in [2.24, 2.45) is 13.0 Å². The summed E-state index contributed by atoms with van der Waals surface area (Å²) in [6, 6.07) is 3.45. The van der Waals surface area contributed by atoms with Gasteiger partial charge in [-0.3, -0.25) is 9.58 Å². The van der Waals surface area contributed by atoms with Crippen molar-refractivity contribution in [2.45, 2.75) is 52.1 Å². The monoisotopic (exact) mass is 278 g/mol. The Kier molecular flexibility index (Phi) is 5.61. The smallest absolute Gasteiger partial charge is 0.0492 e. The normalized spacial score (nSPS) is 25.1. The molecule has 20 heavy (non-hydrogen) atoms. The van der Waals surface area contributed by atoms with E-state index in [1.54, 1.807) is 0 Å². The summed E-state index contributed by atoms with van der Waals surface area (Å²) in [5.41, 5.74) is 1.33. The van der Waals surface area contributed by atoms with Gasteiger partial charge in [-0.2, -0.15) is 5.10 Å². The Bertz CT molecular complexity index is 399. The first-order valence-electron chi connectivity index (χ1n) is 8.00. The minimum atomic E-state index is 0.645. The second-order valence-electron chi connectivity index (χ2n) is 6.61. The lowest BCUT2D eigenvalue weighted by Gasteiger charge is -2.29. The van der Waals surface area contributed by atoms with Crippen LogP contribution in [0.25, 0.3) is 0 Å². The van der Waals surface area contributed by atoms with Crippen LogP contribution in [0.1, 0.15) is 39.3 Å². The second kappa shape index (κ2) is 7.23. The van der Waals surface area contributed by atoms with Crippen molar-refractivity contribution in [3.05, 3.63) is 18.0 Å². The van der Waals surface area contributed by atoms with Crippen LogP contribution in [-0.2, 0) is 13.5 Å². The van der Waals surface area contributed by atoms with Gasteiger partial charge in [0.15, 0.2) is 0 Å². The van der Waals surface area contributed by atoms with E-state index in [-0.39, 0.29) is 0 Å². The van der Waals surface area contributed by atoms with E-state index in [9.17, 15) is 0 Å². The lowest BCUT2D eigenvalue weighted by molar-refractivity contribution is 0.199. The van der Waals surface area contributed by atoms with E-state index < -0.39 is 0 Å². The van der Waals surface area contributed by atoms with Gasteiger partial charge in [-0.25, -0.2) is 0 Å². The Balaban J connectivity index is 1.91. The number of aryl methyl sites for hydroxylation is 1. The Labute approximate surface area is 123 Å². The van der Waals surface area contributed by atoms with Crippen molar-refractivity contribution in [1.29, 1.82) is 0 Å². The Morgan fingerprint density at radius 2 is 2.25 bits per heavy atom. The van der Waals surface area contributed by atoms with Crippen LogP contribution in [0.4, 0.5) is 0 Å². The molecule has 0 aromatic carbocycles. The molecule has 0 bridgehead atoms. The molecular weight excluding hydrogens is 248 g/mol. The van der Waals surface area contributed by atoms with E-state index in [0.717, 1.165) is 25.4 Å². The third kappa shape index (κ3) is 4.32. The molecule has 0 spiro atoms. The minimum Gasteiger partial charge on any atom is -0.313 e. The molecule has 1 aromatic heterocycles. The number of hydrogen-bond donors (Lipinski definition) is 1. The molecule has 2 unspecified atom stereocenters. The van der Waals surface area contributed by atoms with E-state index in [4.69, 9.17) is 0 Å². The van der Waals surface area contributed by atoms with Crippen molar-refractivity contribution in [3.8, 4) is 0 Å². The highest BCUT2D eigenvalue weighted by atomic mass is 15.3. The molecule has 2 atom stereocenters. The Morgan fingerprint density at radius 1 is 1.45 bits per heavy atom. The zero-order valence-corrected chi connectivity index (χ0v) is 13.5. The number of nitrogens with one attached hydrogen (secondary N) is 1. The first-order chi connectivity index (χ1) is 9.56. The van der Waals surface area contributed by atoms with Crippen molar-refractivity contribution in [3.63, 3.8) is 0 Å². The standard InChI is InChI=1S/C16H30N4/c1-13(2)11-15-12-20(14(3)5-8-17-15)10-7-16-6-9-18-19(16)4/h6,9,13-15,17H,5,7-8,10-12H2,1-4H3. The zero-order chi connectivity index (χ0) is 14.5.